The van der Waals surface area contributed by atoms with Crippen LogP contribution in [-0.4, -0.2) is 100 Å². The molecule has 2 aliphatic heterocycles. The van der Waals surface area contributed by atoms with E-state index in [1.54, 1.807) is 23.1 Å². The normalized spacial score (nSPS) is 16.5. The fourth-order valence-corrected chi connectivity index (χ4v) is 5.32. The Hall–Kier alpha value is -3.32. The summed E-state index contributed by atoms with van der Waals surface area (Å²) in [6, 6.07) is 5.24. The first-order valence-corrected chi connectivity index (χ1v) is 14.5. The zero-order valence-electron chi connectivity index (χ0n) is 23.3. The molecule has 222 valence electrons. The smallest absolute Gasteiger partial charge is 0.296 e. The predicted molar refractivity (Wildman–Crippen MR) is 152 cm³/mol. The third-order valence-corrected chi connectivity index (χ3v) is 7.74. The van der Waals surface area contributed by atoms with Gasteiger partial charge < -0.3 is 24.2 Å². The largest absolute Gasteiger partial charge is 0.491 e. The highest BCUT2D eigenvalue weighted by Crippen LogP contribution is 2.33. The lowest BCUT2D eigenvalue weighted by atomic mass is 10.0. The molecule has 1 aromatic carbocycles. The van der Waals surface area contributed by atoms with E-state index in [9.17, 15) is 13.6 Å². The summed E-state index contributed by atoms with van der Waals surface area (Å²) in [6.45, 7) is 5.79. The van der Waals surface area contributed by atoms with Crippen molar-refractivity contribution in [1.82, 2.24) is 29.4 Å². The topological polar surface area (TPSA) is 102 Å². The number of para-hydroxylation sites is 1. The molecule has 0 bridgehead atoms. The molecule has 14 heteroatoms. The number of hydrogen-bond acceptors (Lipinski definition) is 9. The number of aromatic nitrogens is 5. The van der Waals surface area contributed by atoms with Crippen LogP contribution < -0.4 is 14.5 Å². The Kier molecular flexibility index (Phi) is 9.33. The molecule has 0 unspecified atom stereocenters. The maximum absolute atomic E-state index is 14.5. The van der Waals surface area contributed by atoms with Crippen molar-refractivity contribution in [2.45, 2.75) is 45.1 Å². The number of ether oxygens (including phenoxy) is 2. The van der Waals surface area contributed by atoms with Gasteiger partial charge in [0, 0.05) is 39.3 Å². The van der Waals surface area contributed by atoms with Gasteiger partial charge in [-0.05, 0) is 31.4 Å². The van der Waals surface area contributed by atoms with E-state index in [0.29, 0.717) is 87.5 Å². The molecule has 41 heavy (non-hydrogen) atoms. The molecule has 2 fully saturated rings. The number of halogens is 3. The first kappa shape index (κ1) is 29.2. The Labute approximate surface area is 242 Å². The molecule has 0 spiro atoms. The van der Waals surface area contributed by atoms with Crippen molar-refractivity contribution in [2.24, 2.45) is 0 Å². The third kappa shape index (κ3) is 6.30. The van der Waals surface area contributed by atoms with E-state index in [1.807, 2.05) is 16.8 Å². The predicted octanol–water partition coefficient (Wildman–Crippen LogP) is 3.83. The molecule has 1 amide bonds. The minimum Gasteiger partial charge on any atom is -0.491 e. The fourth-order valence-electron chi connectivity index (χ4n) is 5.15. The highest BCUT2D eigenvalue weighted by molar-refractivity contribution is 6.27. The van der Waals surface area contributed by atoms with Crippen LogP contribution >= 0.6 is 11.6 Å². The second-order valence-corrected chi connectivity index (χ2v) is 10.4. The molecule has 4 heterocycles. The molecule has 0 atom stereocenters. The fraction of sp³-hybridized carbons (Fsp3) is 0.593. The SMILES string of the molecule is CCCCOc1cccc2c1nc(C(F)F)n2-c1nc(N2CCOCC2)nc(N(C)C2CCN(C(=O)CCl)CC2)n1. The van der Waals surface area contributed by atoms with Crippen LogP contribution in [0.25, 0.3) is 17.0 Å². The van der Waals surface area contributed by atoms with E-state index in [1.165, 1.54) is 4.57 Å². The monoisotopic (exact) mass is 592 g/mol. The second-order valence-electron chi connectivity index (χ2n) is 10.1. The lowest BCUT2D eigenvalue weighted by Gasteiger charge is -2.37. The van der Waals surface area contributed by atoms with Crippen molar-refractivity contribution in [3.8, 4) is 11.7 Å². The molecule has 2 aliphatic rings. The van der Waals surface area contributed by atoms with Crippen molar-refractivity contribution in [3.05, 3.63) is 24.0 Å². The standard InChI is InChI=1S/C27H35ClF2N8O3/c1-3-4-14-41-20-7-5-6-19-22(20)31-24(23(29)30)38(19)27-33-25(32-26(34-27)37-12-15-40-16-13-37)35(2)18-8-10-36(11-9-18)21(39)17-28/h5-7,18,23H,3-4,8-17H2,1-2H3. The van der Waals surface area contributed by atoms with Crippen molar-refractivity contribution < 1.29 is 23.0 Å². The molecule has 0 saturated carbocycles. The third-order valence-electron chi connectivity index (χ3n) is 7.51. The number of anilines is 2. The Morgan fingerprint density at radius 2 is 1.85 bits per heavy atom. The van der Waals surface area contributed by atoms with Gasteiger partial charge in [0.25, 0.3) is 6.43 Å². The molecule has 0 aliphatic carbocycles. The molecule has 0 N–H and O–H groups in total. The minimum atomic E-state index is -2.88. The second kappa shape index (κ2) is 13.1. The maximum Gasteiger partial charge on any atom is 0.296 e. The number of benzene rings is 1. The quantitative estimate of drug-likeness (QED) is 0.257. The lowest BCUT2D eigenvalue weighted by molar-refractivity contribution is -0.129. The number of rotatable bonds is 10. The van der Waals surface area contributed by atoms with E-state index in [2.05, 4.69) is 16.9 Å². The number of morpholine rings is 1. The van der Waals surface area contributed by atoms with Gasteiger partial charge in [-0.3, -0.25) is 9.36 Å². The lowest BCUT2D eigenvalue weighted by Crippen LogP contribution is -2.46. The van der Waals surface area contributed by atoms with Gasteiger partial charge in [0.15, 0.2) is 5.82 Å². The van der Waals surface area contributed by atoms with Crippen LogP contribution in [0.5, 0.6) is 5.75 Å². The number of hydrogen-bond donors (Lipinski definition) is 0. The van der Waals surface area contributed by atoms with Crippen LogP contribution in [0.1, 0.15) is 44.9 Å². The minimum absolute atomic E-state index is 0.0369. The van der Waals surface area contributed by atoms with Gasteiger partial charge in [0.1, 0.15) is 17.1 Å². The molecular weight excluding hydrogens is 558 g/mol. The summed E-state index contributed by atoms with van der Waals surface area (Å²) >= 11 is 5.74. The Morgan fingerprint density at radius 1 is 1.12 bits per heavy atom. The van der Waals surface area contributed by atoms with Crippen LogP contribution in [0.4, 0.5) is 20.7 Å². The molecule has 3 aromatic rings. The number of likely N-dealkylation sites (tertiary alicyclic amines) is 1. The van der Waals surface area contributed by atoms with Crippen LogP contribution in [-0.2, 0) is 9.53 Å². The van der Waals surface area contributed by atoms with Crippen molar-refractivity contribution in [2.75, 3.05) is 68.7 Å². The summed E-state index contributed by atoms with van der Waals surface area (Å²) < 4.78 is 41.6. The van der Waals surface area contributed by atoms with E-state index in [-0.39, 0.29) is 23.8 Å². The van der Waals surface area contributed by atoms with Gasteiger partial charge in [-0.15, -0.1) is 11.6 Å². The van der Waals surface area contributed by atoms with E-state index in [0.717, 1.165) is 12.8 Å². The Morgan fingerprint density at radius 3 is 2.54 bits per heavy atom. The van der Waals surface area contributed by atoms with Crippen molar-refractivity contribution in [1.29, 1.82) is 0 Å². The number of imidazole rings is 1. The summed E-state index contributed by atoms with van der Waals surface area (Å²) in [5.74, 6) is 0.637. The summed E-state index contributed by atoms with van der Waals surface area (Å²) in [4.78, 5) is 36.2. The first-order chi connectivity index (χ1) is 19.9. The van der Waals surface area contributed by atoms with Gasteiger partial charge in [-0.25, -0.2) is 13.8 Å². The van der Waals surface area contributed by atoms with Gasteiger partial charge in [-0.2, -0.15) is 15.0 Å². The molecule has 0 radical (unpaired) electrons. The van der Waals surface area contributed by atoms with Gasteiger partial charge in [0.2, 0.25) is 23.8 Å². The average Bonchev–Trinajstić information content (AvgIpc) is 3.42. The highest BCUT2D eigenvalue weighted by Gasteiger charge is 2.29. The van der Waals surface area contributed by atoms with Crippen LogP contribution in [0.3, 0.4) is 0 Å². The van der Waals surface area contributed by atoms with E-state index >= 15 is 0 Å². The molecule has 2 aromatic heterocycles. The molecule has 2 saturated heterocycles. The first-order valence-electron chi connectivity index (χ1n) is 14.0. The number of carbonyl (C=O) groups excluding carboxylic acids is 1. The molecule has 5 rings (SSSR count). The number of carbonyl (C=O) groups is 1. The van der Waals surface area contributed by atoms with Crippen molar-refractivity contribution in [3.63, 3.8) is 0 Å². The average molecular weight is 593 g/mol. The van der Waals surface area contributed by atoms with E-state index in [4.69, 9.17) is 31.0 Å². The van der Waals surface area contributed by atoms with Crippen molar-refractivity contribution >= 4 is 40.4 Å². The van der Waals surface area contributed by atoms with Crippen LogP contribution in [0.15, 0.2) is 18.2 Å². The molecule has 11 nitrogen and oxygen atoms in total. The summed E-state index contributed by atoms with van der Waals surface area (Å²) in [5, 5.41) is 0. The summed E-state index contributed by atoms with van der Waals surface area (Å²) in [6.07, 6.45) is 0.299. The number of alkyl halides is 3. The summed E-state index contributed by atoms with van der Waals surface area (Å²) in [5.41, 5.74) is 0.758. The van der Waals surface area contributed by atoms with E-state index < -0.39 is 12.2 Å². The zero-order chi connectivity index (χ0) is 28.9. The maximum atomic E-state index is 14.5. The Bertz CT molecular complexity index is 1350. The number of piperidine rings is 1. The van der Waals surface area contributed by atoms with Gasteiger partial charge in [-0.1, -0.05) is 19.4 Å². The van der Waals surface area contributed by atoms with Crippen LogP contribution in [0, 0.1) is 0 Å². The highest BCUT2D eigenvalue weighted by atomic mass is 35.5. The Balaban J connectivity index is 1.56. The number of amides is 1. The zero-order valence-corrected chi connectivity index (χ0v) is 24.1. The van der Waals surface area contributed by atoms with Gasteiger partial charge in [0.05, 0.1) is 25.3 Å². The molecular formula is C27H35ClF2N8O3. The number of fused-ring (bicyclic) bond motifs is 1. The van der Waals surface area contributed by atoms with Gasteiger partial charge >= 0.3 is 0 Å². The van der Waals surface area contributed by atoms with Crippen LogP contribution in [0.2, 0.25) is 0 Å². The summed E-state index contributed by atoms with van der Waals surface area (Å²) in [7, 11) is 1.88. The number of nitrogens with zero attached hydrogens (tertiary/aromatic N) is 8. The number of unbranched alkanes of at least 4 members (excludes halogenated alkanes) is 1.